The van der Waals surface area contributed by atoms with Crippen LogP contribution in [-0.2, 0) is 16.8 Å². The van der Waals surface area contributed by atoms with Gasteiger partial charge in [0.15, 0.2) is 17.5 Å². The third-order valence-corrected chi connectivity index (χ3v) is 6.65. The maximum Gasteiger partial charge on any atom is 0.261 e. The van der Waals surface area contributed by atoms with Gasteiger partial charge in [0.05, 0.1) is 17.2 Å². The van der Waals surface area contributed by atoms with Crippen molar-refractivity contribution in [2.45, 2.75) is 31.7 Å². The van der Waals surface area contributed by atoms with Crippen molar-refractivity contribution in [3.8, 4) is 22.6 Å². The van der Waals surface area contributed by atoms with Crippen LogP contribution in [0.15, 0.2) is 53.4 Å². The Hall–Kier alpha value is -4.08. The molecule has 3 heterocycles. The SMILES string of the molecule is CN(C)C(=O)Cn1cc(-c2nc(C(C)(c3ccc(-c4cnc(N)c(F)c4)cc3)C3CC3)no2)cn1. The zero-order valence-electron chi connectivity index (χ0n) is 19.8. The lowest BCUT2D eigenvalue weighted by Crippen LogP contribution is -2.28. The molecule has 1 aromatic carbocycles. The standard InChI is InChI=1S/C25H26FN7O2/c1-25(19-8-9-19,18-6-4-15(5-7-18)16-10-20(26)22(27)28-11-16)24-30-23(35-31-24)17-12-29-33(13-17)14-21(34)32(2)3/h4-7,10-13,19H,8-9,14H2,1-3H3,(H2,27,28). The molecule has 1 amide bonds. The Morgan fingerprint density at radius 3 is 2.60 bits per heavy atom. The van der Waals surface area contributed by atoms with E-state index in [2.05, 4.69) is 22.2 Å². The number of hydrogen-bond acceptors (Lipinski definition) is 7. The summed E-state index contributed by atoms with van der Waals surface area (Å²) < 4.78 is 21.0. The fourth-order valence-electron chi connectivity index (χ4n) is 4.22. The van der Waals surface area contributed by atoms with Gasteiger partial charge in [0.25, 0.3) is 5.89 Å². The Labute approximate surface area is 201 Å². The number of nitrogens with two attached hydrogens (primary N) is 1. The molecule has 10 heteroatoms. The molecular weight excluding hydrogens is 449 g/mol. The van der Waals surface area contributed by atoms with E-state index in [0.29, 0.717) is 28.8 Å². The molecule has 1 aliphatic rings. The minimum atomic E-state index is -0.539. The first kappa shape index (κ1) is 22.7. The lowest BCUT2D eigenvalue weighted by atomic mass is 9.76. The van der Waals surface area contributed by atoms with E-state index >= 15 is 0 Å². The number of nitrogen functional groups attached to an aromatic ring is 1. The van der Waals surface area contributed by atoms with Crippen molar-refractivity contribution in [3.63, 3.8) is 0 Å². The van der Waals surface area contributed by atoms with Gasteiger partial charge < -0.3 is 15.2 Å². The van der Waals surface area contributed by atoms with E-state index in [0.717, 1.165) is 24.0 Å². The van der Waals surface area contributed by atoms with E-state index in [4.69, 9.17) is 15.2 Å². The van der Waals surface area contributed by atoms with Crippen molar-refractivity contribution in [1.82, 2.24) is 29.8 Å². The summed E-state index contributed by atoms with van der Waals surface area (Å²) in [6.45, 7) is 2.26. The largest absolute Gasteiger partial charge is 0.381 e. The minimum absolute atomic E-state index is 0.0619. The molecule has 0 aliphatic heterocycles. The van der Waals surface area contributed by atoms with E-state index in [1.54, 1.807) is 37.4 Å². The molecule has 0 bridgehead atoms. The highest BCUT2D eigenvalue weighted by atomic mass is 19.1. The normalized spacial score (nSPS) is 15.1. The molecule has 1 fully saturated rings. The summed E-state index contributed by atoms with van der Waals surface area (Å²) in [5, 5.41) is 8.57. The molecule has 1 saturated carbocycles. The third-order valence-electron chi connectivity index (χ3n) is 6.65. The maximum atomic E-state index is 13.9. The van der Waals surface area contributed by atoms with E-state index < -0.39 is 11.2 Å². The maximum absolute atomic E-state index is 13.9. The Bertz CT molecular complexity index is 1370. The second-order valence-electron chi connectivity index (χ2n) is 9.28. The molecule has 35 heavy (non-hydrogen) atoms. The van der Waals surface area contributed by atoms with E-state index in [1.165, 1.54) is 11.0 Å². The molecule has 0 spiro atoms. The summed E-state index contributed by atoms with van der Waals surface area (Å²) in [4.78, 5) is 22.1. The summed E-state index contributed by atoms with van der Waals surface area (Å²) >= 11 is 0. The molecule has 0 saturated heterocycles. The average Bonchev–Trinajstić information content (AvgIpc) is 3.41. The number of rotatable bonds is 7. The predicted octanol–water partition coefficient (Wildman–Crippen LogP) is 3.52. The van der Waals surface area contributed by atoms with Crippen LogP contribution < -0.4 is 5.73 Å². The third kappa shape index (κ3) is 4.27. The van der Waals surface area contributed by atoms with Gasteiger partial charge in [-0.05, 0) is 42.9 Å². The number of benzene rings is 1. The Morgan fingerprint density at radius 2 is 1.94 bits per heavy atom. The molecular formula is C25H26FN7O2. The van der Waals surface area contributed by atoms with Crippen LogP contribution in [0, 0.1) is 11.7 Å². The van der Waals surface area contributed by atoms with Crippen LogP contribution in [-0.4, -0.2) is 49.8 Å². The number of aromatic nitrogens is 5. The van der Waals surface area contributed by atoms with Crippen molar-refractivity contribution < 1.29 is 13.7 Å². The molecule has 3 aromatic heterocycles. The average molecular weight is 476 g/mol. The Morgan fingerprint density at radius 1 is 1.20 bits per heavy atom. The highest BCUT2D eigenvalue weighted by Crippen LogP contribution is 2.50. The number of amides is 1. The smallest absolute Gasteiger partial charge is 0.261 e. The summed E-state index contributed by atoms with van der Waals surface area (Å²) in [6.07, 6.45) is 7.04. The van der Waals surface area contributed by atoms with Gasteiger partial charge in [-0.3, -0.25) is 9.48 Å². The van der Waals surface area contributed by atoms with Crippen molar-refractivity contribution in [1.29, 1.82) is 0 Å². The number of anilines is 1. The van der Waals surface area contributed by atoms with Crippen LogP contribution >= 0.6 is 0 Å². The molecule has 5 rings (SSSR count). The molecule has 1 aliphatic carbocycles. The van der Waals surface area contributed by atoms with Gasteiger partial charge in [0.2, 0.25) is 5.91 Å². The molecule has 4 aromatic rings. The van der Waals surface area contributed by atoms with Crippen LogP contribution in [0.3, 0.4) is 0 Å². The van der Waals surface area contributed by atoms with Crippen LogP contribution in [0.25, 0.3) is 22.6 Å². The van der Waals surface area contributed by atoms with E-state index in [-0.39, 0.29) is 18.3 Å². The molecule has 2 N–H and O–H groups in total. The number of likely N-dealkylation sites (N-methyl/N-ethyl adjacent to an activating group) is 1. The van der Waals surface area contributed by atoms with Gasteiger partial charge in [-0.2, -0.15) is 10.1 Å². The molecule has 1 unspecified atom stereocenters. The predicted molar refractivity (Wildman–Crippen MR) is 127 cm³/mol. The van der Waals surface area contributed by atoms with Gasteiger partial charge in [0.1, 0.15) is 6.54 Å². The van der Waals surface area contributed by atoms with E-state index in [9.17, 15) is 9.18 Å². The van der Waals surface area contributed by atoms with Gasteiger partial charge in [-0.15, -0.1) is 0 Å². The minimum Gasteiger partial charge on any atom is -0.381 e. The highest BCUT2D eigenvalue weighted by Gasteiger charge is 2.47. The summed E-state index contributed by atoms with van der Waals surface area (Å²) in [5.74, 6) is 0.621. The lowest BCUT2D eigenvalue weighted by Gasteiger charge is -2.27. The van der Waals surface area contributed by atoms with Crippen LogP contribution in [0.1, 0.15) is 31.2 Å². The first-order chi connectivity index (χ1) is 16.8. The van der Waals surface area contributed by atoms with Crippen molar-refractivity contribution in [2.24, 2.45) is 5.92 Å². The zero-order chi connectivity index (χ0) is 24.7. The number of halogens is 1. The van der Waals surface area contributed by atoms with Crippen molar-refractivity contribution in [2.75, 3.05) is 19.8 Å². The molecule has 180 valence electrons. The molecule has 9 nitrogen and oxygen atoms in total. The lowest BCUT2D eigenvalue weighted by molar-refractivity contribution is -0.129. The van der Waals surface area contributed by atoms with Crippen LogP contribution in [0.2, 0.25) is 0 Å². The monoisotopic (exact) mass is 475 g/mol. The second-order valence-corrected chi connectivity index (χ2v) is 9.28. The molecule has 0 radical (unpaired) electrons. The van der Waals surface area contributed by atoms with E-state index in [1.807, 2.05) is 24.3 Å². The van der Waals surface area contributed by atoms with Gasteiger partial charge >= 0.3 is 0 Å². The van der Waals surface area contributed by atoms with Crippen molar-refractivity contribution >= 4 is 11.7 Å². The second kappa shape index (κ2) is 8.61. The quantitative estimate of drug-likeness (QED) is 0.435. The van der Waals surface area contributed by atoms with Crippen molar-refractivity contribution in [3.05, 3.63) is 66.1 Å². The van der Waals surface area contributed by atoms with Crippen LogP contribution in [0.5, 0.6) is 0 Å². The zero-order valence-corrected chi connectivity index (χ0v) is 19.8. The summed E-state index contributed by atoms with van der Waals surface area (Å²) in [6, 6.07) is 9.30. The number of carbonyl (C=O) groups excluding carboxylic acids is 1. The van der Waals surface area contributed by atoms with Gasteiger partial charge in [-0.25, -0.2) is 9.37 Å². The number of pyridine rings is 1. The Kier molecular flexibility index (Phi) is 5.58. The first-order valence-electron chi connectivity index (χ1n) is 11.3. The van der Waals surface area contributed by atoms with Crippen LogP contribution in [0.4, 0.5) is 10.2 Å². The summed E-state index contributed by atoms with van der Waals surface area (Å²) in [7, 11) is 3.40. The fraction of sp³-hybridized carbons (Fsp3) is 0.320. The topological polar surface area (TPSA) is 116 Å². The molecule has 1 atom stereocenters. The number of nitrogens with zero attached hydrogens (tertiary/aromatic N) is 6. The Balaban J connectivity index is 1.42. The van der Waals surface area contributed by atoms with Gasteiger partial charge in [-0.1, -0.05) is 29.4 Å². The van der Waals surface area contributed by atoms with Gasteiger partial charge in [0, 0.05) is 32.1 Å². The summed E-state index contributed by atoms with van der Waals surface area (Å²) in [5.41, 5.74) is 8.26. The number of hydrogen-bond donors (Lipinski definition) is 1. The fourth-order valence-corrected chi connectivity index (χ4v) is 4.22. The number of carbonyl (C=O) groups is 1. The highest BCUT2D eigenvalue weighted by molar-refractivity contribution is 5.75. The first-order valence-corrected chi connectivity index (χ1v) is 11.3.